The van der Waals surface area contributed by atoms with Crippen molar-refractivity contribution < 1.29 is 23.7 Å². The number of hydrogen-bond donors (Lipinski definition) is 2. The molecule has 0 saturated carbocycles. The van der Waals surface area contributed by atoms with Gasteiger partial charge in [-0.05, 0) is 79.3 Å². The molecule has 0 aliphatic carbocycles. The van der Waals surface area contributed by atoms with Gasteiger partial charge in [0.1, 0.15) is 30.5 Å². The summed E-state index contributed by atoms with van der Waals surface area (Å²) < 4.78 is 27.6. The van der Waals surface area contributed by atoms with Gasteiger partial charge in [-0.2, -0.15) is 5.10 Å². The Balaban J connectivity index is 0.943. The second-order valence-corrected chi connectivity index (χ2v) is 16.6. The lowest BCUT2D eigenvalue weighted by molar-refractivity contribution is -0.165. The summed E-state index contributed by atoms with van der Waals surface area (Å²) in [5.74, 6) is 2.65. The van der Waals surface area contributed by atoms with Crippen molar-refractivity contribution in [1.82, 2.24) is 29.7 Å². The zero-order chi connectivity index (χ0) is 42.0. The molecule has 4 heterocycles. The number of fused-ring (bicyclic) bond motifs is 1. The first-order chi connectivity index (χ1) is 29.8. The van der Waals surface area contributed by atoms with E-state index in [1.165, 1.54) is 0 Å². The van der Waals surface area contributed by atoms with E-state index in [0.29, 0.717) is 43.8 Å². The standard InChI is InChI=1S/C48H51N7O5S/c1-4-48(2,3)42-30-44(55(53-42)36-18-14-19-37(29-36)57-27-28-59-45-23-12-13-26-58-45)50-47(56)49-31-35-17-8-11-22-41(35)61-38-24-25-43-51-52-46(54(43)32-38)39-20-9-10-21-40(39)60-33-34-15-6-5-7-16-34/h5-11,14-22,24-25,29-30,32,45H,4,12-13,23,26-28,31,33H2,1-3H3,(H2,49,50,56). The fourth-order valence-corrected chi connectivity index (χ4v) is 7.87. The summed E-state index contributed by atoms with van der Waals surface area (Å²) in [6.45, 7) is 8.74. The van der Waals surface area contributed by atoms with E-state index >= 15 is 0 Å². The van der Waals surface area contributed by atoms with Crippen LogP contribution in [0.2, 0.25) is 0 Å². The number of rotatable bonds is 17. The van der Waals surface area contributed by atoms with Crippen LogP contribution in [0.15, 0.2) is 137 Å². The zero-order valence-electron chi connectivity index (χ0n) is 34.8. The monoisotopic (exact) mass is 837 g/mol. The molecule has 0 spiro atoms. The van der Waals surface area contributed by atoms with Gasteiger partial charge in [-0.25, -0.2) is 9.48 Å². The lowest BCUT2D eigenvalue weighted by atomic mass is 9.87. The molecular formula is C48H51N7O5S. The smallest absolute Gasteiger partial charge is 0.320 e. The number of nitrogens with zero attached hydrogens (tertiary/aromatic N) is 5. The highest BCUT2D eigenvalue weighted by atomic mass is 32.2. The minimum atomic E-state index is -0.347. The predicted octanol–water partition coefficient (Wildman–Crippen LogP) is 10.2. The van der Waals surface area contributed by atoms with Crippen LogP contribution in [0.5, 0.6) is 11.5 Å². The molecule has 12 nitrogen and oxygen atoms in total. The average molecular weight is 838 g/mol. The van der Waals surface area contributed by atoms with Gasteiger partial charge in [-0.3, -0.25) is 9.72 Å². The fourth-order valence-electron chi connectivity index (χ4n) is 6.91. The predicted molar refractivity (Wildman–Crippen MR) is 238 cm³/mol. The highest BCUT2D eigenvalue weighted by Crippen LogP contribution is 2.34. The molecule has 4 aromatic carbocycles. The largest absolute Gasteiger partial charge is 0.491 e. The fraction of sp³-hybridized carbons (Fsp3) is 0.292. The van der Waals surface area contributed by atoms with Crippen LogP contribution >= 0.6 is 11.8 Å². The van der Waals surface area contributed by atoms with Crippen LogP contribution in [-0.2, 0) is 28.0 Å². The summed E-state index contributed by atoms with van der Waals surface area (Å²) in [5, 5.41) is 20.1. The van der Waals surface area contributed by atoms with Gasteiger partial charge < -0.3 is 24.3 Å². The second kappa shape index (κ2) is 19.5. The summed E-state index contributed by atoms with van der Waals surface area (Å²) in [6, 6.07) is 39.3. The maximum Gasteiger partial charge on any atom is 0.320 e. The number of ether oxygens (including phenoxy) is 4. The van der Waals surface area contributed by atoms with Crippen LogP contribution in [0.4, 0.5) is 10.6 Å². The van der Waals surface area contributed by atoms with Crippen LogP contribution in [0.1, 0.15) is 63.3 Å². The Hall–Kier alpha value is -6.15. The van der Waals surface area contributed by atoms with Crippen LogP contribution in [-0.4, -0.2) is 56.5 Å². The summed E-state index contributed by atoms with van der Waals surface area (Å²) >= 11 is 1.61. The molecule has 13 heteroatoms. The molecule has 7 aromatic rings. The highest BCUT2D eigenvalue weighted by Gasteiger charge is 2.25. The molecule has 1 aliphatic heterocycles. The van der Waals surface area contributed by atoms with E-state index in [1.807, 2.05) is 126 Å². The number of hydrogen-bond acceptors (Lipinski definition) is 9. The molecule has 1 aliphatic rings. The molecule has 0 radical (unpaired) electrons. The van der Waals surface area contributed by atoms with Gasteiger partial charge in [0, 0.05) is 46.7 Å². The Kier molecular flexibility index (Phi) is 13.3. The van der Waals surface area contributed by atoms with Crippen molar-refractivity contribution in [3.8, 4) is 28.6 Å². The first kappa shape index (κ1) is 41.6. The Morgan fingerprint density at radius 1 is 0.885 bits per heavy atom. The van der Waals surface area contributed by atoms with Gasteiger partial charge in [-0.1, -0.05) is 99.3 Å². The van der Waals surface area contributed by atoms with Crippen molar-refractivity contribution in [3.63, 3.8) is 0 Å². The third-order valence-corrected chi connectivity index (χ3v) is 11.9. The van der Waals surface area contributed by atoms with E-state index in [0.717, 1.165) is 81.5 Å². The first-order valence-corrected chi connectivity index (χ1v) is 21.6. The highest BCUT2D eigenvalue weighted by molar-refractivity contribution is 7.99. The quantitative estimate of drug-likeness (QED) is 0.0862. The molecule has 1 unspecified atom stereocenters. The summed E-state index contributed by atoms with van der Waals surface area (Å²) in [5.41, 5.74) is 5.05. The SMILES string of the molecule is CCC(C)(C)c1cc(NC(=O)NCc2ccccc2Sc2ccc3nnc(-c4ccccc4OCc4ccccc4)n3c2)n(-c2cccc(OCCOC3CCCCO3)c2)n1. The zero-order valence-corrected chi connectivity index (χ0v) is 35.6. The van der Waals surface area contributed by atoms with Gasteiger partial charge in [-0.15, -0.1) is 10.2 Å². The van der Waals surface area contributed by atoms with E-state index in [1.54, 1.807) is 16.4 Å². The van der Waals surface area contributed by atoms with E-state index < -0.39 is 0 Å². The maximum absolute atomic E-state index is 13.6. The average Bonchev–Trinajstić information content (AvgIpc) is 3.93. The number of carbonyl (C=O) groups is 1. The van der Waals surface area contributed by atoms with Crippen molar-refractivity contribution in [2.24, 2.45) is 0 Å². The number of urea groups is 1. The van der Waals surface area contributed by atoms with Crippen molar-refractivity contribution in [3.05, 3.63) is 144 Å². The third-order valence-electron chi connectivity index (χ3n) is 10.8. The third kappa shape index (κ3) is 10.4. The molecule has 0 bridgehead atoms. The molecular weight excluding hydrogens is 787 g/mol. The van der Waals surface area contributed by atoms with Crippen molar-refractivity contribution in [1.29, 1.82) is 0 Å². The Labute approximate surface area is 360 Å². The number of aromatic nitrogens is 5. The minimum Gasteiger partial charge on any atom is -0.491 e. The second-order valence-electron chi connectivity index (χ2n) is 15.5. The number of pyridine rings is 1. The van der Waals surface area contributed by atoms with Crippen LogP contribution in [0, 0.1) is 0 Å². The summed E-state index contributed by atoms with van der Waals surface area (Å²) in [6.07, 6.45) is 5.85. The van der Waals surface area contributed by atoms with Crippen molar-refractivity contribution in [2.75, 3.05) is 25.1 Å². The molecule has 1 saturated heterocycles. The van der Waals surface area contributed by atoms with E-state index in [-0.39, 0.29) is 17.7 Å². The minimum absolute atomic E-state index is 0.162. The molecule has 2 amide bonds. The molecule has 3 aromatic heterocycles. The lowest BCUT2D eigenvalue weighted by Crippen LogP contribution is -2.29. The summed E-state index contributed by atoms with van der Waals surface area (Å²) in [4.78, 5) is 15.6. The van der Waals surface area contributed by atoms with Gasteiger partial charge >= 0.3 is 6.03 Å². The van der Waals surface area contributed by atoms with Crippen LogP contribution in [0.3, 0.4) is 0 Å². The van der Waals surface area contributed by atoms with Crippen LogP contribution < -0.4 is 20.1 Å². The van der Waals surface area contributed by atoms with Gasteiger partial charge in [0.2, 0.25) is 0 Å². The molecule has 1 atom stereocenters. The Morgan fingerprint density at radius 3 is 2.57 bits per heavy atom. The molecule has 2 N–H and O–H groups in total. The Morgan fingerprint density at radius 2 is 1.72 bits per heavy atom. The van der Waals surface area contributed by atoms with E-state index in [4.69, 9.17) is 24.0 Å². The van der Waals surface area contributed by atoms with E-state index in [9.17, 15) is 4.79 Å². The van der Waals surface area contributed by atoms with Gasteiger partial charge in [0.05, 0.1) is 23.6 Å². The molecule has 314 valence electrons. The van der Waals surface area contributed by atoms with Crippen molar-refractivity contribution in [2.45, 2.75) is 81.1 Å². The number of carbonyl (C=O) groups excluding carboxylic acids is 1. The molecule has 1 fully saturated rings. The summed E-state index contributed by atoms with van der Waals surface area (Å²) in [7, 11) is 0. The number of para-hydroxylation sites is 1. The van der Waals surface area contributed by atoms with Gasteiger partial charge in [0.15, 0.2) is 17.8 Å². The van der Waals surface area contributed by atoms with Crippen LogP contribution in [0.25, 0.3) is 22.7 Å². The Bertz CT molecular complexity index is 2550. The molecule has 8 rings (SSSR count). The lowest BCUT2D eigenvalue weighted by Gasteiger charge is -2.22. The van der Waals surface area contributed by atoms with E-state index in [2.05, 4.69) is 47.7 Å². The topological polar surface area (TPSA) is 126 Å². The van der Waals surface area contributed by atoms with Crippen molar-refractivity contribution >= 4 is 29.3 Å². The number of amides is 2. The maximum atomic E-state index is 13.6. The number of benzene rings is 4. The normalized spacial score (nSPS) is 14.2. The molecule has 61 heavy (non-hydrogen) atoms. The number of nitrogens with one attached hydrogen (secondary N) is 2. The number of anilines is 1. The first-order valence-electron chi connectivity index (χ1n) is 20.8. The van der Waals surface area contributed by atoms with Gasteiger partial charge in [0.25, 0.3) is 0 Å².